The van der Waals surface area contributed by atoms with Crippen LogP contribution in [0.4, 0.5) is 4.79 Å². The number of nitrogens with two attached hydrogens (primary N) is 1. The van der Waals surface area contributed by atoms with Crippen LogP contribution in [0.3, 0.4) is 0 Å². The minimum Gasteiger partial charge on any atom is -0.465 e. The molecule has 126 valence electrons. The molecular formula is C18H21N3O3. The highest BCUT2D eigenvalue weighted by Crippen LogP contribution is 2.21. The van der Waals surface area contributed by atoms with E-state index in [0.717, 1.165) is 22.3 Å². The van der Waals surface area contributed by atoms with Crippen molar-refractivity contribution in [3.05, 3.63) is 59.7 Å². The van der Waals surface area contributed by atoms with Crippen molar-refractivity contribution in [3.8, 4) is 11.1 Å². The van der Waals surface area contributed by atoms with E-state index in [1.165, 1.54) is 4.90 Å². The monoisotopic (exact) mass is 327 g/mol. The molecule has 0 saturated heterocycles. The fourth-order valence-electron chi connectivity index (χ4n) is 2.33. The molecule has 0 unspecified atom stereocenters. The van der Waals surface area contributed by atoms with Gasteiger partial charge in [0.2, 0.25) is 5.91 Å². The molecule has 0 aromatic heterocycles. The van der Waals surface area contributed by atoms with E-state index < -0.39 is 6.09 Å². The first kappa shape index (κ1) is 17.5. The van der Waals surface area contributed by atoms with Gasteiger partial charge in [-0.3, -0.25) is 4.79 Å². The van der Waals surface area contributed by atoms with Crippen molar-refractivity contribution < 1.29 is 14.7 Å². The topological polar surface area (TPSA) is 95.7 Å². The number of nitrogens with one attached hydrogen (secondary N) is 1. The first-order valence-electron chi connectivity index (χ1n) is 7.58. The van der Waals surface area contributed by atoms with Crippen LogP contribution in [0.5, 0.6) is 0 Å². The van der Waals surface area contributed by atoms with E-state index >= 15 is 0 Å². The Kier molecular flexibility index (Phi) is 5.92. The van der Waals surface area contributed by atoms with Crippen LogP contribution in [-0.4, -0.2) is 35.6 Å². The number of carbonyl (C=O) groups excluding carboxylic acids is 1. The van der Waals surface area contributed by atoms with Gasteiger partial charge in [0, 0.05) is 20.1 Å². The van der Waals surface area contributed by atoms with E-state index in [2.05, 4.69) is 5.32 Å². The molecule has 0 atom stereocenters. The molecule has 0 bridgehead atoms. The van der Waals surface area contributed by atoms with E-state index in [4.69, 9.17) is 10.8 Å². The van der Waals surface area contributed by atoms with Crippen LogP contribution in [-0.2, 0) is 17.9 Å². The third-order valence-electron chi connectivity index (χ3n) is 3.69. The molecule has 0 heterocycles. The summed E-state index contributed by atoms with van der Waals surface area (Å²) >= 11 is 0. The van der Waals surface area contributed by atoms with Crippen molar-refractivity contribution in [1.82, 2.24) is 10.2 Å². The van der Waals surface area contributed by atoms with Crippen LogP contribution >= 0.6 is 0 Å². The smallest absolute Gasteiger partial charge is 0.405 e. The van der Waals surface area contributed by atoms with Gasteiger partial charge in [-0.05, 0) is 28.3 Å². The van der Waals surface area contributed by atoms with Gasteiger partial charge in [-0.2, -0.15) is 0 Å². The molecule has 6 heteroatoms. The fraction of sp³-hybridized carbons (Fsp3) is 0.222. The zero-order chi connectivity index (χ0) is 17.5. The first-order chi connectivity index (χ1) is 11.5. The van der Waals surface area contributed by atoms with Crippen molar-refractivity contribution in [2.45, 2.75) is 13.1 Å². The third-order valence-corrected chi connectivity index (χ3v) is 3.69. The lowest BCUT2D eigenvalue weighted by atomic mass is 10.0. The van der Waals surface area contributed by atoms with Crippen molar-refractivity contribution in [2.24, 2.45) is 5.73 Å². The average Bonchev–Trinajstić information content (AvgIpc) is 2.59. The fourth-order valence-corrected chi connectivity index (χ4v) is 2.33. The van der Waals surface area contributed by atoms with Crippen molar-refractivity contribution in [3.63, 3.8) is 0 Å². The molecule has 2 rings (SSSR count). The van der Waals surface area contributed by atoms with Gasteiger partial charge in [-0.15, -0.1) is 0 Å². The van der Waals surface area contributed by atoms with Gasteiger partial charge in [0.25, 0.3) is 0 Å². The Bertz CT molecular complexity index is 714. The summed E-state index contributed by atoms with van der Waals surface area (Å²) in [6.07, 6.45) is -1.21. The van der Waals surface area contributed by atoms with Crippen molar-refractivity contribution in [1.29, 1.82) is 0 Å². The Labute approximate surface area is 140 Å². The third kappa shape index (κ3) is 4.82. The number of benzene rings is 2. The average molecular weight is 327 g/mol. The Balaban J connectivity index is 2.06. The SMILES string of the molecule is CN(Cc1cccc(-c2ccc(CN)cc2)c1)C(=O)CNC(=O)O. The number of carboxylic acid groups (broad SMARTS) is 1. The lowest BCUT2D eigenvalue weighted by Crippen LogP contribution is -2.37. The number of nitrogens with zero attached hydrogens (tertiary/aromatic N) is 1. The van der Waals surface area contributed by atoms with Crippen LogP contribution in [0, 0.1) is 0 Å². The normalized spacial score (nSPS) is 10.2. The Morgan fingerprint density at radius 1 is 1.08 bits per heavy atom. The van der Waals surface area contributed by atoms with Crippen LogP contribution < -0.4 is 11.1 Å². The summed E-state index contributed by atoms with van der Waals surface area (Å²) in [6, 6.07) is 15.9. The maximum atomic E-state index is 11.9. The van der Waals surface area contributed by atoms with Gasteiger partial charge in [-0.25, -0.2) is 4.79 Å². The predicted molar refractivity (Wildman–Crippen MR) is 92.3 cm³/mol. The quantitative estimate of drug-likeness (QED) is 0.756. The van der Waals surface area contributed by atoms with Crippen LogP contribution in [0.25, 0.3) is 11.1 Å². The van der Waals surface area contributed by atoms with Crippen molar-refractivity contribution >= 4 is 12.0 Å². The molecule has 0 radical (unpaired) electrons. The molecule has 0 saturated carbocycles. The van der Waals surface area contributed by atoms with Crippen molar-refractivity contribution in [2.75, 3.05) is 13.6 Å². The second-order valence-corrected chi connectivity index (χ2v) is 5.51. The lowest BCUT2D eigenvalue weighted by Gasteiger charge is -2.17. The molecule has 0 aliphatic heterocycles. The zero-order valence-electron chi connectivity index (χ0n) is 13.5. The minimum absolute atomic E-state index is 0.230. The molecule has 4 N–H and O–H groups in total. The number of amides is 2. The maximum Gasteiger partial charge on any atom is 0.405 e. The summed E-state index contributed by atoms with van der Waals surface area (Å²) in [6.45, 7) is 0.693. The molecule has 0 fully saturated rings. The molecular weight excluding hydrogens is 306 g/mol. The predicted octanol–water partition coefficient (Wildman–Crippen LogP) is 2.04. The van der Waals surface area contributed by atoms with E-state index in [-0.39, 0.29) is 12.5 Å². The molecule has 6 nitrogen and oxygen atoms in total. The van der Waals surface area contributed by atoms with Gasteiger partial charge in [0.05, 0.1) is 0 Å². The van der Waals surface area contributed by atoms with E-state index in [9.17, 15) is 9.59 Å². The molecule has 0 aliphatic rings. The molecule has 2 amide bonds. The Hall–Kier alpha value is -2.86. The molecule has 0 spiro atoms. The van der Waals surface area contributed by atoms with Crippen LogP contribution in [0.15, 0.2) is 48.5 Å². The number of hydrogen-bond donors (Lipinski definition) is 3. The Morgan fingerprint density at radius 2 is 1.79 bits per heavy atom. The lowest BCUT2D eigenvalue weighted by molar-refractivity contribution is -0.129. The van der Waals surface area contributed by atoms with Crippen LogP contribution in [0.2, 0.25) is 0 Å². The second kappa shape index (κ2) is 8.12. The van der Waals surface area contributed by atoms with Gasteiger partial charge in [0.1, 0.15) is 6.54 Å². The molecule has 0 aliphatic carbocycles. The number of carbonyl (C=O) groups is 2. The van der Waals surface area contributed by atoms with Gasteiger partial charge in [-0.1, -0.05) is 42.5 Å². The van der Waals surface area contributed by atoms with Gasteiger partial charge in [0.15, 0.2) is 0 Å². The van der Waals surface area contributed by atoms with E-state index in [1.807, 2.05) is 48.5 Å². The minimum atomic E-state index is -1.21. The van der Waals surface area contributed by atoms with E-state index in [0.29, 0.717) is 13.1 Å². The maximum absolute atomic E-state index is 11.9. The summed E-state index contributed by atoms with van der Waals surface area (Å²) in [4.78, 5) is 23.8. The standard InChI is InChI=1S/C18H21N3O3/c1-21(17(22)11-20-18(23)24)12-14-3-2-4-16(9-14)15-7-5-13(10-19)6-8-15/h2-9,20H,10-12,19H2,1H3,(H,23,24). The molecule has 2 aromatic carbocycles. The van der Waals surface area contributed by atoms with Gasteiger partial charge < -0.3 is 21.1 Å². The second-order valence-electron chi connectivity index (χ2n) is 5.51. The number of hydrogen-bond acceptors (Lipinski definition) is 3. The largest absolute Gasteiger partial charge is 0.465 e. The summed E-state index contributed by atoms with van der Waals surface area (Å²) in [5.74, 6) is -0.282. The summed E-state index contributed by atoms with van der Waals surface area (Å²) in [5.41, 5.74) is 9.79. The van der Waals surface area contributed by atoms with Gasteiger partial charge >= 0.3 is 6.09 Å². The summed E-state index contributed by atoms with van der Waals surface area (Å²) in [5, 5.41) is 10.6. The Morgan fingerprint density at radius 3 is 2.42 bits per heavy atom. The summed E-state index contributed by atoms with van der Waals surface area (Å²) < 4.78 is 0. The number of likely N-dealkylation sites (N-methyl/N-ethyl adjacent to an activating group) is 1. The number of rotatable bonds is 6. The highest BCUT2D eigenvalue weighted by Gasteiger charge is 2.10. The summed E-state index contributed by atoms with van der Waals surface area (Å²) in [7, 11) is 1.65. The van der Waals surface area contributed by atoms with Crippen LogP contribution in [0.1, 0.15) is 11.1 Å². The van der Waals surface area contributed by atoms with E-state index in [1.54, 1.807) is 7.05 Å². The highest BCUT2D eigenvalue weighted by molar-refractivity contribution is 5.81. The zero-order valence-corrected chi connectivity index (χ0v) is 13.5. The first-order valence-corrected chi connectivity index (χ1v) is 7.58. The highest BCUT2D eigenvalue weighted by atomic mass is 16.4. The molecule has 2 aromatic rings. The molecule has 24 heavy (non-hydrogen) atoms.